The zero-order valence-electron chi connectivity index (χ0n) is 21.1. The first-order valence-corrected chi connectivity index (χ1v) is 13.2. The fraction of sp³-hybridized carbons (Fsp3) is 0.565. The summed E-state index contributed by atoms with van der Waals surface area (Å²) in [6.07, 6.45) is 0.327. The molecule has 0 aliphatic carbocycles. The predicted molar refractivity (Wildman–Crippen MR) is 131 cm³/mol. The molecule has 0 saturated carbocycles. The third-order valence-electron chi connectivity index (χ3n) is 6.03. The Morgan fingerprint density at radius 3 is 2.43 bits per heavy atom. The summed E-state index contributed by atoms with van der Waals surface area (Å²) >= 11 is 0. The van der Waals surface area contributed by atoms with E-state index in [1.165, 1.54) is 13.1 Å². The van der Waals surface area contributed by atoms with Crippen LogP contribution < -0.4 is 15.4 Å². The van der Waals surface area contributed by atoms with Crippen LogP contribution in [0.4, 0.5) is 14.9 Å². The number of nitriles is 1. The van der Waals surface area contributed by atoms with Crippen LogP contribution in [0.3, 0.4) is 0 Å². The van der Waals surface area contributed by atoms with Crippen molar-refractivity contribution in [2.24, 2.45) is 0 Å². The van der Waals surface area contributed by atoms with Gasteiger partial charge >= 0.3 is 6.09 Å². The van der Waals surface area contributed by atoms with Crippen molar-refractivity contribution in [3.05, 3.63) is 29.6 Å². The number of ether oxygens (including phenoxy) is 1. The third kappa shape index (κ3) is 7.15. The summed E-state index contributed by atoms with van der Waals surface area (Å²) in [5.41, 5.74) is -0.783. The largest absolute Gasteiger partial charge is 0.444 e. The molecule has 0 aromatic heterocycles. The van der Waals surface area contributed by atoms with E-state index in [4.69, 9.17) is 10.00 Å². The van der Waals surface area contributed by atoms with E-state index in [0.29, 0.717) is 25.9 Å². The molecule has 1 aromatic carbocycles. The zero-order chi connectivity index (χ0) is 27.5. The van der Waals surface area contributed by atoms with E-state index < -0.39 is 51.6 Å². The minimum Gasteiger partial charge on any atom is -0.444 e. The summed E-state index contributed by atoms with van der Waals surface area (Å²) in [7, 11) is -2.95. The van der Waals surface area contributed by atoms with Crippen LogP contribution in [-0.2, 0) is 24.5 Å². The Bertz CT molecular complexity index is 1200. The number of nitrogens with one attached hydrogen (secondary N) is 3. The van der Waals surface area contributed by atoms with Crippen LogP contribution in [0.2, 0.25) is 0 Å². The van der Waals surface area contributed by atoms with Crippen molar-refractivity contribution in [3.63, 3.8) is 0 Å². The Balaban J connectivity index is 1.62. The van der Waals surface area contributed by atoms with E-state index in [2.05, 4.69) is 15.4 Å². The monoisotopic (exact) mass is 538 g/mol. The number of hydrogen-bond donors (Lipinski definition) is 3. The molecule has 3 amide bonds. The molecule has 37 heavy (non-hydrogen) atoms. The lowest BCUT2D eigenvalue weighted by atomic mass is 10.0. The minimum atomic E-state index is -4.16. The zero-order valence-corrected chi connectivity index (χ0v) is 21.9. The second kappa shape index (κ2) is 11.0. The van der Waals surface area contributed by atoms with Gasteiger partial charge in [0.15, 0.2) is 0 Å². The number of rotatable bonds is 4. The molecule has 2 heterocycles. The van der Waals surface area contributed by atoms with Crippen molar-refractivity contribution < 1.29 is 31.9 Å². The number of amides is 3. The maximum absolute atomic E-state index is 13.6. The summed E-state index contributed by atoms with van der Waals surface area (Å²) in [6, 6.07) is 2.34. The second-order valence-electron chi connectivity index (χ2n) is 9.99. The van der Waals surface area contributed by atoms with Gasteiger partial charge < -0.3 is 20.3 Å². The van der Waals surface area contributed by atoms with Gasteiger partial charge in [0.2, 0.25) is 11.8 Å². The lowest BCUT2D eigenvalue weighted by Crippen LogP contribution is -2.63. The van der Waals surface area contributed by atoms with Gasteiger partial charge in [0.05, 0.1) is 5.56 Å². The number of halogens is 1. The molecule has 2 fully saturated rings. The lowest BCUT2D eigenvalue weighted by Gasteiger charge is -2.37. The van der Waals surface area contributed by atoms with Crippen LogP contribution >= 0.6 is 0 Å². The van der Waals surface area contributed by atoms with Crippen LogP contribution in [0, 0.1) is 17.1 Å². The maximum atomic E-state index is 13.6. The Morgan fingerprint density at radius 2 is 1.84 bits per heavy atom. The molecule has 3 N–H and O–H groups in total. The van der Waals surface area contributed by atoms with Gasteiger partial charge in [-0.1, -0.05) is 0 Å². The first-order valence-electron chi connectivity index (χ1n) is 11.7. The first-order chi connectivity index (χ1) is 17.2. The molecule has 2 unspecified atom stereocenters. The Kier molecular flexibility index (Phi) is 8.41. The summed E-state index contributed by atoms with van der Waals surface area (Å²) < 4.78 is 47.3. The van der Waals surface area contributed by atoms with Crippen LogP contribution in [0.25, 0.3) is 0 Å². The Morgan fingerprint density at radius 1 is 1.19 bits per heavy atom. The van der Waals surface area contributed by atoms with Gasteiger partial charge in [-0.2, -0.15) is 22.7 Å². The van der Waals surface area contributed by atoms with Crippen LogP contribution in [-0.4, -0.2) is 79.4 Å². The molecule has 202 valence electrons. The number of benzene rings is 1. The summed E-state index contributed by atoms with van der Waals surface area (Å²) in [4.78, 5) is 39.6. The van der Waals surface area contributed by atoms with Crippen molar-refractivity contribution in [2.45, 2.75) is 63.8 Å². The molecule has 0 bridgehead atoms. The highest BCUT2D eigenvalue weighted by Crippen LogP contribution is 2.21. The number of nitrogens with zero attached hydrogens (tertiary/aromatic N) is 3. The van der Waals surface area contributed by atoms with Crippen molar-refractivity contribution >= 4 is 33.8 Å². The third-order valence-corrected chi connectivity index (χ3v) is 7.63. The summed E-state index contributed by atoms with van der Waals surface area (Å²) in [5.74, 6) is -2.07. The molecular formula is C23H31FN6O6S. The highest BCUT2D eigenvalue weighted by molar-refractivity contribution is 7.87. The first kappa shape index (κ1) is 28.3. The van der Waals surface area contributed by atoms with Crippen molar-refractivity contribution in [1.82, 2.24) is 19.2 Å². The average Bonchev–Trinajstić information content (AvgIpc) is 2.81. The highest BCUT2D eigenvalue weighted by atomic mass is 32.2. The van der Waals surface area contributed by atoms with E-state index in [-0.39, 0.29) is 23.7 Å². The van der Waals surface area contributed by atoms with Crippen molar-refractivity contribution in [3.8, 4) is 6.07 Å². The van der Waals surface area contributed by atoms with Gasteiger partial charge in [-0.3, -0.25) is 9.59 Å². The van der Waals surface area contributed by atoms with Crippen LogP contribution in [0.1, 0.15) is 45.6 Å². The standard InChI is InChI=1S/C23H31FN6O6S/c1-23(2,3)36-22(33)30-9-7-15(8-10-30)26-20(31)18-12-19(29(4)37(34,35)28-18)21(32)27-16-5-6-17(24)14(11-16)13-25/h5-6,11,15,18-19,28H,7-10,12H2,1-4H3,(H,26,31)(H,27,32). The van der Waals surface area contributed by atoms with Gasteiger partial charge in [0.1, 0.15) is 29.6 Å². The van der Waals surface area contributed by atoms with Crippen molar-refractivity contribution in [2.75, 3.05) is 25.5 Å². The number of carbonyl (C=O) groups is 3. The number of carbonyl (C=O) groups excluding carboxylic acids is 3. The molecule has 0 radical (unpaired) electrons. The average molecular weight is 539 g/mol. The normalized spacial score (nSPS) is 22.5. The fourth-order valence-electron chi connectivity index (χ4n) is 4.03. The molecule has 3 rings (SSSR count). The SMILES string of the molecule is CN1C(C(=O)Nc2ccc(F)c(C#N)c2)CC(C(=O)NC2CCN(C(=O)OC(C)(C)C)CC2)NS1(=O)=O. The molecule has 2 aliphatic heterocycles. The predicted octanol–water partition coefficient (Wildman–Crippen LogP) is 1.06. The molecular weight excluding hydrogens is 507 g/mol. The molecule has 2 aliphatic rings. The second-order valence-corrected chi connectivity index (χ2v) is 11.8. The molecule has 14 heteroatoms. The quantitative estimate of drug-likeness (QED) is 0.516. The molecule has 1 aromatic rings. The Hall–Kier alpha value is -3.28. The molecule has 2 saturated heterocycles. The summed E-state index contributed by atoms with van der Waals surface area (Å²) in [6.45, 7) is 6.06. The van der Waals surface area contributed by atoms with E-state index in [1.54, 1.807) is 31.7 Å². The number of likely N-dealkylation sites (N-methyl/N-ethyl adjacent to an activating group) is 1. The molecule has 0 spiro atoms. The van der Waals surface area contributed by atoms with Gasteiger partial charge in [0.25, 0.3) is 10.2 Å². The van der Waals surface area contributed by atoms with Crippen molar-refractivity contribution in [1.29, 1.82) is 5.26 Å². The fourth-order valence-corrected chi connectivity index (χ4v) is 5.28. The van der Waals surface area contributed by atoms with Crippen LogP contribution in [0.5, 0.6) is 0 Å². The number of likely N-dealkylation sites (tertiary alicyclic amines) is 1. The number of piperidine rings is 1. The Labute approximate surface area is 215 Å². The van der Waals surface area contributed by atoms with E-state index in [0.717, 1.165) is 16.4 Å². The minimum absolute atomic E-state index is 0.116. The van der Waals surface area contributed by atoms with Gasteiger partial charge in [-0.25, -0.2) is 9.18 Å². The van der Waals surface area contributed by atoms with Crippen LogP contribution in [0.15, 0.2) is 18.2 Å². The number of anilines is 1. The van der Waals surface area contributed by atoms with Gasteiger partial charge in [-0.05, 0) is 58.2 Å². The lowest BCUT2D eigenvalue weighted by molar-refractivity contribution is -0.125. The molecule has 12 nitrogen and oxygen atoms in total. The topological polar surface area (TPSA) is 161 Å². The summed E-state index contributed by atoms with van der Waals surface area (Å²) in [5, 5.41) is 14.3. The molecule has 2 atom stereocenters. The van der Waals surface area contributed by atoms with Gasteiger partial charge in [0, 0.05) is 31.9 Å². The van der Waals surface area contributed by atoms with Gasteiger partial charge in [-0.15, -0.1) is 0 Å². The van der Waals surface area contributed by atoms with E-state index >= 15 is 0 Å². The van der Waals surface area contributed by atoms with E-state index in [9.17, 15) is 27.2 Å². The highest BCUT2D eigenvalue weighted by Gasteiger charge is 2.43. The van der Waals surface area contributed by atoms with E-state index in [1.807, 2.05) is 0 Å². The smallest absolute Gasteiger partial charge is 0.410 e. The number of hydrogen-bond acceptors (Lipinski definition) is 7. The maximum Gasteiger partial charge on any atom is 0.410 e.